The van der Waals surface area contributed by atoms with Gasteiger partial charge in [0.1, 0.15) is 17.1 Å². The molecule has 0 spiro atoms. The summed E-state index contributed by atoms with van der Waals surface area (Å²) in [5.74, 6) is -0.258. The Kier molecular flexibility index (Phi) is 10.7. The van der Waals surface area contributed by atoms with E-state index >= 15 is 0 Å². The minimum absolute atomic E-state index is 0. The highest BCUT2D eigenvalue weighted by Crippen LogP contribution is 2.39. The lowest BCUT2D eigenvalue weighted by Crippen LogP contribution is -2.38. The quantitative estimate of drug-likeness (QED) is 0.210. The first-order valence-corrected chi connectivity index (χ1v) is 14.9. The molecule has 214 valence electrons. The van der Waals surface area contributed by atoms with E-state index in [-0.39, 0.29) is 28.9 Å². The summed E-state index contributed by atoms with van der Waals surface area (Å²) in [7, 11) is -2.37. The number of hydrogen-bond acceptors (Lipinski definition) is 7. The number of rotatable bonds is 11. The zero-order chi connectivity index (χ0) is 28.2. The summed E-state index contributed by atoms with van der Waals surface area (Å²) in [5.41, 5.74) is 1.20. The fourth-order valence-electron chi connectivity index (χ4n) is 3.95. The number of hydrogen-bond donors (Lipinski definition) is 1. The van der Waals surface area contributed by atoms with Crippen LogP contribution in [0.2, 0.25) is 5.02 Å². The molecule has 8 nitrogen and oxygen atoms in total. The minimum Gasteiger partial charge on any atom is -0.494 e. The molecule has 0 aliphatic rings. The van der Waals surface area contributed by atoms with Gasteiger partial charge in [0.15, 0.2) is 5.13 Å². The van der Waals surface area contributed by atoms with Crippen LogP contribution in [0, 0.1) is 5.82 Å². The number of aromatic nitrogens is 1. The Labute approximate surface area is 248 Å². The number of amides is 1. The van der Waals surface area contributed by atoms with Crippen LogP contribution < -0.4 is 14.4 Å². The summed E-state index contributed by atoms with van der Waals surface area (Å²) >= 11 is 7.73. The smallest absolute Gasteiger partial charge is 0.261 e. The van der Waals surface area contributed by atoms with Crippen LogP contribution in [-0.2, 0) is 10.0 Å². The highest BCUT2D eigenvalue weighted by Gasteiger charge is 2.24. The van der Waals surface area contributed by atoms with Crippen LogP contribution >= 0.6 is 35.3 Å². The van der Waals surface area contributed by atoms with E-state index in [0.29, 0.717) is 40.1 Å². The molecule has 13 heteroatoms. The molecule has 0 aliphatic carbocycles. The van der Waals surface area contributed by atoms with E-state index in [1.807, 2.05) is 0 Å². The molecule has 4 aromatic rings. The number of likely N-dealkylation sites (N-methyl/N-ethyl adjacent to an activating group) is 1. The highest BCUT2D eigenvalue weighted by molar-refractivity contribution is 7.92. The normalized spacial score (nSPS) is 11.3. The summed E-state index contributed by atoms with van der Waals surface area (Å²) in [4.78, 5) is 22.2. The van der Waals surface area contributed by atoms with Crippen LogP contribution in [0.15, 0.2) is 65.6 Å². The topological polar surface area (TPSA) is 91.8 Å². The van der Waals surface area contributed by atoms with E-state index in [0.717, 1.165) is 29.9 Å². The fraction of sp³-hybridized carbons (Fsp3) is 0.259. The number of ether oxygens (including phenoxy) is 1. The Bertz CT molecular complexity index is 1560. The number of sulfonamides is 1. The number of nitrogens with one attached hydrogen (secondary N) is 1. The van der Waals surface area contributed by atoms with Crippen LogP contribution in [0.25, 0.3) is 10.2 Å². The average molecular weight is 628 g/mol. The van der Waals surface area contributed by atoms with Gasteiger partial charge < -0.3 is 9.64 Å². The zero-order valence-corrected chi connectivity index (χ0v) is 25.3. The van der Waals surface area contributed by atoms with Gasteiger partial charge >= 0.3 is 0 Å². The molecule has 0 aliphatic heterocycles. The van der Waals surface area contributed by atoms with Crippen molar-refractivity contribution in [3.8, 4) is 5.75 Å². The number of anilines is 2. The van der Waals surface area contributed by atoms with Crippen molar-refractivity contribution in [2.45, 2.75) is 18.7 Å². The zero-order valence-electron chi connectivity index (χ0n) is 22.1. The van der Waals surface area contributed by atoms with Crippen LogP contribution in [0.1, 0.15) is 24.2 Å². The molecular weight excluding hydrogens is 598 g/mol. The first-order valence-electron chi connectivity index (χ1n) is 12.2. The van der Waals surface area contributed by atoms with Gasteiger partial charge in [0.05, 0.1) is 21.7 Å². The Morgan fingerprint density at radius 1 is 1.02 bits per heavy atom. The third kappa shape index (κ3) is 7.02. The van der Waals surface area contributed by atoms with E-state index in [1.165, 1.54) is 35.6 Å². The predicted octanol–water partition coefficient (Wildman–Crippen LogP) is 6.31. The second kappa shape index (κ2) is 13.6. The average Bonchev–Trinajstić information content (AvgIpc) is 3.38. The van der Waals surface area contributed by atoms with Crippen LogP contribution in [0.4, 0.5) is 15.2 Å². The molecule has 0 saturated heterocycles. The van der Waals surface area contributed by atoms with Crippen molar-refractivity contribution in [2.75, 3.05) is 42.9 Å². The third-order valence-corrected chi connectivity index (χ3v) is 9.12. The third-order valence-electron chi connectivity index (χ3n) is 6.19. The molecule has 3 aromatic carbocycles. The lowest BCUT2D eigenvalue weighted by molar-refractivity contribution is 0.0983. The first-order chi connectivity index (χ1) is 18.7. The molecule has 0 radical (unpaired) electrons. The van der Waals surface area contributed by atoms with E-state index in [2.05, 4.69) is 23.5 Å². The minimum atomic E-state index is -3.92. The number of carbonyl (C=O) groups excluding carboxylic acids is 1. The summed E-state index contributed by atoms with van der Waals surface area (Å²) in [6.07, 6.45) is 0. The number of halogens is 3. The van der Waals surface area contributed by atoms with Gasteiger partial charge in [0.25, 0.3) is 15.9 Å². The van der Waals surface area contributed by atoms with Gasteiger partial charge in [-0.15, -0.1) is 12.4 Å². The van der Waals surface area contributed by atoms with Gasteiger partial charge in [0, 0.05) is 24.3 Å². The molecule has 0 unspecified atom stereocenters. The highest BCUT2D eigenvalue weighted by atomic mass is 35.5. The Balaban J connectivity index is 0.00000441. The van der Waals surface area contributed by atoms with Crippen molar-refractivity contribution in [2.24, 2.45) is 0 Å². The lowest BCUT2D eigenvalue weighted by atomic mass is 10.2. The number of fused-ring (bicyclic) bond motifs is 1. The maximum atomic E-state index is 13.7. The van der Waals surface area contributed by atoms with Gasteiger partial charge in [-0.3, -0.25) is 14.4 Å². The molecule has 1 N–H and O–H groups in total. The molecule has 0 saturated carbocycles. The molecule has 40 heavy (non-hydrogen) atoms. The number of methoxy groups -OCH3 is 1. The Morgan fingerprint density at radius 2 is 1.68 bits per heavy atom. The maximum Gasteiger partial charge on any atom is 0.261 e. The fourth-order valence-corrected chi connectivity index (χ4v) is 6.29. The molecule has 0 fully saturated rings. The predicted molar refractivity (Wildman–Crippen MR) is 162 cm³/mol. The Hall–Kier alpha value is -2.96. The van der Waals surface area contributed by atoms with Crippen molar-refractivity contribution in [3.05, 3.63) is 77.1 Å². The number of carbonyl (C=O) groups is 1. The molecular formula is C27H29Cl2FN4O4S2. The molecule has 1 amide bonds. The summed E-state index contributed by atoms with van der Waals surface area (Å²) in [6.45, 7) is 6.81. The van der Waals surface area contributed by atoms with E-state index in [1.54, 1.807) is 36.3 Å². The van der Waals surface area contributed by atoms with Gasteiger partial charge in [-0.25, -0.2) is 17.8 Å². The lowest BCUT2D eigenvalue weighted by Gasteiger charge is -2.24. The van der Waals surface area contributed by atoms with Crippen molar-refractivity contribution in [1.82, 2.24) is 9.88 Å². The summed E-state index contributed by atoms with van der Waals surface area (Å²) < 4.78 is 47.1. The van der Waals surface area contributed by atoms with E-state index in [9.17, 15) is 17.6 Å². The molecule has 0 bridgehead atoms. The molecule has 0 atom stereocenters. The molecule has 1 aromatic heterocycles. The van der Waals surface area contributed by atoms with Crippen LogP contribution in [0.3, 0.4) is 0 Å². The van der Waals surface area contributed by atoms with Crippen molar-refractivity contribution < 1.29 is 22.3 Å². The van der Waals surface area contributed by atoms with Crippen molar-refractivity contribution in [1.29, 1.82) is 0 Å². The SMILES string of the molecule is CCN(CC)CCN(C(=O)c1ccc(NS(=O)(=O)c2ccc(F)cc2)cc1)c1nc2c(OC)ccc(Cl)c2s1.Cl. The number of thiazole rings is 1. The summed E-state index contributed by atoms with van der Waals surface area (Å²) in [5, 5.41) is 0.998. The van der Waals surface area contributed by atoms with Crippen LogP contribution in [-0.4, -0.2) is 57.5 Å². The van der Waals surface area contributed by atoms with Crippen molar-refractivity contribution in [3.63, 3.8) is 0 Å². The number of nitrogens with zero attached hydrogens (tertiary/aromatic N) is 3. The van der Waals surface area contributed by atoms with Gasteiger partial charge in [-0.1, -0.05) is 36.8 Å². The van der Waals surface area contributed by atoms with Crippen molar-refractivity contribution >= 4 is 72.3 Å². The van der Waals surface area contributed by atoms with Gasteiger partial charge in [-0.05, 0) is 73.8 Å². The number of benzene rings is 3. The monoisotopic (exact) mass is 626 g/mol. The maximum absolute atomic E-state index is 13.7. The van der Waals surface area contributed by atoms with Gasteiger partial charge in [0.2, 0.25) is 0 Å². The molecule has 1 heterocycles. The first kappa shape index (κ1) is 31.6. The van der Waals surface area contributed by atoms with Crippen LogP contribution in [0.5, 0.6) is 5.75 Å². The van der Waals surface area contributed by atoms with E-state index < -0.39 is 15.8 Å². The summed E-state index contributed by atoms with van der Waals surface area (Å²) in [6, 6.07) is 14.1. The second-order valence-corrected chi connectivity index (χ2v) is 11.6. The standard InChI is InChI=1S/C27H28ClFN4O4S2.ClH/c1-4-32(5-2)16-17-33(27-30-24-23(37-3)15-14-22(28)25(24)38-27)26(34)18-6-10-20(11-7-18)31-39(35,36)21-12-8-19(29)9-13-21;/h6-15,31H,4-5,16-17H2,1-3H3;1H. The van der Waals surface area contributed by atoms with E-state index in [4.69, 9.17) is 21.3 Å². The van der Waals surface area contributed by atoms with Gasteiger partial charge in [-0.2, -0.15) is 0 Å². The Morgan fingerprint density at radius 3 is 2.27 bits per heavy atom. The second-order valence-electron chi connectivity index (χ2n) is 8.54. The largest absolute Gasteiger partial charge is 0.494 e. The molecule has 4 rings (SSSR count).